The van der Waals surface area contributed by atoms with Gasteiger partial charge in [0.05, 0.1) is 11.5 Å². The molecule has 0 spiro atoms. The van der Waals surface area contributed by atoms with Gasteiger partial charge in [-0.3, -0.25) is 4.79 Å². The van der Waals surface area contributed by atoms with Crippen LogP contribution >= 0.6 is 0 Å². The van der Waals surface area contributed by atoms with Gasteiger partial charge in [0.15, 0.2) is 9.84 Å². The van der Waals surface area contributed by atoms with Crippen LogP contribution in [0.4, 0.5) is 5.69 Å². The Morgan fingerprint density at radius 1 is 1.10 bits per heavy atom. The van der Waals surface area contributed by atoms with Crippen LogP contribution in [-0.4, -0.2) is 49.9 Å². The van der Waals surface area contributed by atoms with Crippen molar-refractivity contribution >= 4 is 33.4 Å². The van der Waals surface area contributed by atoms with Gasteiger partial charge in [-0.1, -0.05) is 18.2 Å². The van der Waals surface area contributed by atoms with Gasteiger partial charge in [0.2, 0.25) is 0 Å². The summed E-state index contributed by atoms with van der Waals surface area (Å²) in [6, 6.07) is 7.15. The molecule has 0 amide bonds. The lowest BCUT2D eigenvalue weighted by Crippen LogP contribution is -2.40. The summed E-state index contributed by atoms with van der Waals surface area (Å²) < 4.78 is 22.7. The largest absolute Gasteiger partial charge is 0.475 e. The molecule has 0 bridgehead atoms. The number of carbonyl (C=O) groups is 2. The van der Waals surface area contributed by atoms with Crippen molar-refractivity contribution in [2.45, 2.75) is 0 Å². The minimum Gasteiger partial charge on any atom is -0.475 e. The summed E-state index contributed by atoms with van der Waals surface area (Å²) in [5.41, 5.74) is 1.62. The number of nitrogens with zero attached hydrogens (tertiary/aromatic N) is 1. The van der Waals surface area contributed by atoms with Gasteiger partial charge in [0.1, 0.15) is 0 Å². The Morgan fingerprint density at radius 2 is 1.67 bits per heavy atom. The average molecular weight is 309 g/mol. The molecule has 1 aliphatic heterocycles. The third-order valence-electron chi connectivity index (χ3n) is 3.24. The molecule has 0 atom stereocenters. The van der Waals surface area contributed by atoms with Gasteiger partial charge in [-0.15, -0.1) is 0 Å². The summed E-state index contributed by atoms with van der Waals surface area (Å²) in [6.45, 7) is 0.935. The van der Waals surface area contributed by atoms with Crippen LogP contribution in [0.3, 0.4) is 0 Å². The van der Waals surface area contributed by atoms with Crippen LogP contribution in [0.5, 0.6) is 0 Å². The molecular weight excluding hydrogens is 294 g/mol. The third-order valence-corrected chi connectivity index (χ3v) is 4.85. The molecular formula is C14H15NO5S. The summed E-state index contributed by atoms with van der Waals surface area (Å²) in [4.78, 5) is 23.3. The number of sulfone groups is 1. The highest BCUT2D eigenvalue weighted by Crippen LogP contribution is 2.18. The molecule has 6 nitrogen and oxygen atoms in total. The molecule has 7 heteroatoms. The molecule has 1 heterocycles. The number of aliphatic carboxylic acids is 1. The second-order valence-corrected chi connectivity index (χ2v) is 7.04. The van der Waals surface area contributed by atoms with E-state index in [9.17, 15) is 18.0 Å². The van der Waals surface area contributed by atoms with Crippen molar-refractivity contribution in [2.75, 3.05) is 29.5 Å². The molecule has 1 aromatic rings. The minimum absolute atomic E-state index is 0.155. The monoisotopic (exact) mass is 309 g/mol. The van der Waals surface area contributed by atoms with Crippen LogP contribution in [0.1, 0.15) is 5.56 Å². The highest BCUT2D eigenvalue weighted by molar-refractivity contribution is 7.91. The number of carboxylic acids is 1. The molecule has 1 N–H and O–H groups in total. The molecule has 1 aliphatic rings. The highest BCUT2D eigenvalue weighted by atomic mass is 32.2. The standard InChI is InChI=1S/C14H15NO5S/c16-13(14(17)18)6-3-11-1-4-12(5-2-11)15-7-9-21(19,20)10-8-15/h1-6H,7-10H2,(H,17,18)/b6-3+. The van der Waals surface area contributed by atoms with E-state index >= 15 is 0 Å². The number of carbonyl (C=O) groups excluding carboxylic acids is 1. The van der Waals surface area contributed by atoms with E-state index < -0.39 is 21.6 Å². The zero-order valence-electron chi connectivity index (χ0n) is 11.2. The molecule has 1 saturated heterocycles. The van der Waals surface area contributed by atoms with Crippen molar-refractivity contribution in [3.05, 3.63) is 35.9 Å². The fraction of sp³-hybridized carbons (Fsp3) is 0.286. The summed E-state index contributed by atoms with van der Waals surface area (Å²) >= 11 is 0. The number of hydrogen-bond acceptors (Lipinski definition) is 5. The minimum atomic E-state index is -2.90. The zero-order chi connectivity index (χ0) is 15.5. The Balaban J connectivity index is 2.03. The van der Waals surface area contributed by atoms with Crippen LogP contribution in [0.2, 0.25) is 0 Å². The lowest BCUT2D eigenvalue weighted by atomic mass is 10.1. The Kier molecular flexibility index (Phi) is 4.42. The van der Waals surface area contributed by atoms with Gasteiger partial charge in [-0.25, -0.2) is 13.2 Å². The van der Waals surface area contributed by atoms with Crippen molar-refractivity contribution in [1.29, 1.82) is 0 Å². The van der Waals surface area contributed by atoms with E-state index in [4.69, 9.17) is 5.11 Å². The third kappa shape index (κ3) is 4.16. The Hall–Kier alpha value is -2.15. The van der Waals surface area contributed by atoms with Gasteiger partial charge in [-0.2, -0.15) is 0 Å². The van der Waals surface area contributed by atoms with Gasteiger partial charge >= 0.3 is 5.97 Å². The lowest BCUT2D eigenvalue weighted by molar-refractivity contribution is -0.146. The molecule has 1 fully saturated rings. The molecule has 21 heavy (non-hydrogen) atoms. The SMILES string of the molecule is O=C(O)C(=O)/C=C/c1ccc(N2CCS(=O)(=O)CC2)cc1. The van der Waals surface area contributed by atoms with Crippen molar-refractivity contribution in [2.24, 2.45) is 0 Å². The number of carboxylic acid groups (broad SMARTS) is 1. The van der Waals surface area contributed by atoms with E-state index in [1.165, 1.54) is 6.08 Å². The van der Waals surface area contributed by atoms with Crippen molar-refractivity contribution in [1.82, 2.24) is 0 Å². The molecule has 0 aliphatic carbocycles. The summed E-state index contributed by atoms with van der Waals surface area (Å²) in [5.74, 6) is -2.15. The van der Waals surface area contributed by atoms with Crippen molar-refractivity contribution < 1.29 is 23.1 Å². The first-order valence-electron chi connectivity index (χ1n) is 6.38. The van der Waals surface area contributed by atoms with Gasteiger partial charge in [-0.05, 0) is 23.8 Å². The van der Waals surface area contributed by atoms with Crippen LogP contribution in [0.25, 0.3) is 6.08 Å². The van der Waals surface area contributed by atoms with Gasteiger partial charge < -0.3 is 10.0 Å². The maximum Gasteiger partial charge on any atom is 0.376 e. The quantitative estimate of drug-likeness (QED) is 0.646. The van der Waals surface area contributed by atoms with Crippen LogP contribution in [-0.2, 0) is 19.4 Å². The first-order chi connectivity index (χ1) is 9.87. The lowest BCUT2D eigenvalue weighted by Gasteiger charge is -2.28. The fourth-order valence-electron chi connectivity index (χ4n) is 2.01. The second kappa shape index (κ2) is 6.09. The predicted molar refractivity (Wildman–Crippen MR) is 79.0 cm³/mol. The van der Waals surface area contributed by atoms with E-state index in [0.717, 1.165) is 11.8 Å². The Morgan fingerprint density at radius 3 is 2.19 bits per heavy atom. The first-order valence-corrected chi connectivity index (χ1v) is 8.20. The van der Waals surface area contributed by atoms with Crippen LogP contribution in [0.15, 0.2) is 30.3 Å². The molecule has 0 saturated carbocycles. The molecule has 112 valence electrons. The number of ketones is 1. The van der Waals surface area contributed by atoms with E-state index in [2.05, 4.69) is 0 Å². The number of hydrogen-bond donors (Lipinski definition) is 1. The average Bonchev–Trinajstić information content (AvgIpc) is 2.45. The second-order valence-electron chi connectivity index (χ2n) is 4.73. The normalized spacial score (nSPS) is 17.8. The maximum atomic E-state index is 11.4. The Bertz CT molecular complexity index is 662. The van der Waals surface area contributed by atoms with Crippen molar-refractivity contribution in [3.8, 4) is 0 Å². The number of anilines is 1. The summed E-state index contributed by atoms with van der Waals surface area (Å²) in [7, 11) is -2.90. The smallest absolute Gasteiger partial charge is 0.376 e. The van der Waals surface area contributed by atoms with Crippen molar-refractivity contribution in [3.63, 3.8) is 0 Å². The van der Waals surface area contributed by atoms with Crippen LogP contribution < -0.4 is 4.90 Å². The van der Waals surface area contributed by atoms with Crippen LogP contribution in [0, 0.1) is 0 Å². The van der Waals surface area contributed by atoms with E-state index in [1.54, 1.807) is 12.1 Å². The molecule has 0 unspecified atom stereocenters. The number of rotatable bonds is 4. The highest BCUT2D eigenvalue weighted by Gasteiger charge is 2.21. The van der Waals surface area contributed by atoms with Gasteiger partial charge in [0.25, 0.3) is 5.78 Å². The first kappa shape index (κ1) is 15.2. The van der Waals surface area contributed by atoms with Gasteiger partial charge in [0, 0.05) is 18.8 Å². The number of benzene rings is 1. The molecule has 0 radical (unpaired) electrons. The summed E-state index contributed by atoms with van der Waals surface area (Å²) in [6.07, 6.45) is 2.44. The maximum absolute atomic E-state index is 11.4. The van der Waals surface area contributed by atoms with E-state index in [-0.39, 0.29) is 11.5 Å². The topological polar surface area (TPSA) is 91.8 Å². The summed E-state index contributed by atoms with van der Waals surface area (Å²) in [5, 5.41) is 8.46. The van der Waals surface area contributed by atoms with E-state index in [0.29, 0.717) is 18.7 Å². The van der Waals surface area contributed by atoms with E-state index in [1.807, 2.05) is 17.0 Å². The Labute approximate surface area is 122 Å². The fourth-order valence-corrected chi connectivity index (χ4v) is 3.21. The molecule has 0 aromatic heterocycles. The predicted octanol–water partition coefficient (Wildman–Crippen LogP) is 0.588. The zero-order valence-corrected chi connectivity index (χ0v) is 12.0. The molecule has 1 aromatic carbocycles. The molecule has 2 rings (SSSR count).